The average Bonchev–Trinajstić information content (AvgIpc) is 3.13. The topological polar surface area (TPSA) is 21.3 Å². The van der Waals surface area contributed by atoms with Crippen molar-refractivity contribution in [3.05, 3.63) is 48.0 Å². The third-order valence-corrected chi connectivity index (χ3v) is 3.86. The molecule has 1 aliphatic heterocycles. The minimum absolute atomic E-state index is 0.469. The molecular formula is C17H17NO. The molecule has 0 aromatic heterocycles. The van der Waals surface area contributed by atoms with Gasteiger partial charge in [-0.3, -0.25) is 0 Å². The maximum atomic E-state index is 5.80. The van der Waals surface area contributed by atoms with Gasteiger partial charge in [-0.1, -0.05) is 24.3 Å². The van der Waals surface area contributed by atoms with Crippen LogP contribution in [-0.2, 0) is 6.42 Å². The fraction of sp³-hybridized carbons (Fsp3) is 0.294. The number of hydrogen-bond donors (Lipinski definition) is 1. The Hall–Kier alpha value is -1.96. The largest absolute Gasteiger partial charge is 0.490 e. The van der Waals surface area contributed by atoms with E-state index in [1.165, 1.54) is 35.2 Å². The summed E-state index contributed by atoms with van der Waals surface area (Å²) in [4.78, 5) is 0. The molecule has 2 aromatic carbocycles. The lowest BCUT2D eigenvalue weighted by Gasteiger charge is -2.09. The van der Waals surface area contributed by atoms with E-state index in [-0.39, 0.29) is 0 Å². The SMILES string of the molecule is c1cc2c(c(-c3ccc(OC4CC4)cc3)c1)CCN2. The molecule has 0 saturated heterocycles. The highest BCUT2D eigenvalue weighted by atomic mass is 16.5. The Morgan fingerprint density at radius 1 is 1.00 bits per heavy atom. The van der Waals surface area contributed by atoms with Crippen LogP contribution in [0.1, 0.15) is 18.4 Å². The zero-order valence-electron chi connectivity index (χ0n) is 10.9. The predicted octanol–water partition coefficient (Wildman–Crippen LogP) is 3.86. The molecule has 1 saturated carbocycles. The number of nitrogens with one attached hydrogen (secondary N) is 1. The predicted molar refractivity (Wildman–Crippen MR) is 77.7 cm³/mol. The Morgan fingerprint density at radius 3 is 2.63 bits per heavy atom. The maximum Gasteiger partial charge on any atom is 0.119 e. The molecule has 1 heterocycles. The van der Waals surface area contributed by atoms with E-state index in [9.17, 15) is 0 Å². The molecule has 2 aliphatic rings. The Kier molecular flexibility index (Phi) is 2.47. The molecule has 19 heavy (non-hydrogen) atoms. The second-order valence-corrected chi connectivity index (χ2v) is 5.35. The first-order chi connectivity index (χ1) is 9.40. The van der Waals surface area contributed by atoms with Crippen molar-refractivity contribution in [2.24, 2.45) is 0 Å². The van der Waals surface area contributed by atoms with Crippen molar-refractivity contribution in [2.75, 3.05) is 11.9 Å². The summed E-state index contributed by atoms with van der Waals surface area (Å²) >= 11 is 0. The summed E-state index contributed by atoms with van der Waals surface area (Å²) in [5, 5.41) is 3.43. The highest BCUT2D eigenvalue weighted by molar-refractivity contribution is 5.76. The molecule has 2 aromatic rings. The standard InChI is InChI=1S/C17H17NO/c1-2-15(16-10-11-18-17(16)3-1)12-4-6-13(7-5-12)19-14-8-9-14/h1-7,14,18H,8-11H2. The van der Waals surface area contributed by atoms with Gasteiger partial charge in [-0.2, -0.15) is 0 Å². The van der Waals surface area contributed by atoms with Gasteiger partial charge >= 0.3 is 0 Å². The smallest absolute Gasteiger partial charge is 0.119 e. The number of benzene rings is 2. The van der Waals surface area contributed by atoms with Crippen molar-refractivity contribution in [1.29, 1.82) is 0 Å². The van der Waals surface area contributed by atoms with E-state index in [1.807, 2.05) is 0 Å². The van der Waals surface area contributed by atoms with Gasteiger partial charge in [-0.15, -0.1) is 0 Å². The van der Waals surface area contributed by atoms with E-state index < -0.39 is 0 Å². The van der Waals surface area contributed by atoms with Gasteiger partial charge in [0.15, 0.2) is 0 Å². The molecule has 2 nitrogen and oxygen atoms in total. The maximum absolute atomic E-state index is 5.80. The van der Waals surface area contributed by atoms with Gasteiger partial charge in [0.1, 0.15) is 5.75 Å². The quantitative estimate of drug-likeness (QED) is 0.894. The van der Waals surface area contributed by atoms with Crippen LogP contribution >= 0.6 is 0 Å². The van der Waals surface area contributed by atoms with Gasteiger partial charge < -0.3 is 10.1 Å². The van der Waals surface area contributed by atoms with Crippen LogP contribution in [0.15, 0.2) is 42.5 Å². The fourth-order valence-electron chi connectivity index (χ4n) is 2.71. The van der Waals surface area contributed by atoms with Crippen LogP contribution in [0.2, 0.25) is 0 Å². The average molecular weight is 251 g/mol. The Morgan fingerprint density at radius 2 is 1.84 bits per heavy atom. The summed E-state index contributed by atoms with van der Waals surface area (Å²) in [7, 11) is 0. The van der Waals surface area contributed by atoms with Crippen molar-refractivity contribution in [1.82, 2.24) is 0 Å². The number of fused-ring (bicyclic) bond motifs is 1. The molecule has 2 heteroatoms. The summed E-state index contributed by atoms with van der Waals surface area (Å²) in [5.41, 5.74) is 5.36. The zero-order chi connectivity index (χ0) is 12.7. The Bertz CT molecular complexity index is 599. The summed E-state index contributed by atoms with van der Waals surface area (Å²) in [6, 6.07) is 15.0. The molecule has 0 spiro atoms. The lowest BCUT2D eigenvalue weighted by molar-refractivity contribution is 0.303. The van der Waals surface area contributed by atoms with E-state index in [4.69, 9.17) is 4.74 Å². The number of rotatable bonds is 3. The molecule has 0 bridgehead atoms. The highest BCUT2D eigenvalue weighted by Gasteiger charge is 2.23. The highest BCUT2D eigenvalue weighted by Crippen LogP contribution is 2.34. The monoisotopic (exact) mass is 251 g/mol. The summed E-state index contributed by atoms with van der Waals surface area (Å²) in [6.45, 7) is 1.05. The van der Waals surface area contributed by atoms with Crippen LogP contribution in [0.3, 0.4) is 0 Å². The van der Waals surface area contributed by atoms with Gasteiger partial charge in [-0.05, 0) is 54.2 Å². The van der Waals surface area contributed by atoms with Crippen LogP contribution in [-0.4, -0.2) is 12.6 Å². The molecule has 0 unspecified atom stereocenters. The van der Waals surface area contributed by atoms with Crippen LogP contribution in [0.4, 0.5) is 5.69 Å². The van der Waals surface area contributed by atoms with Crippen molar-refractivity contribution in [2.45, 2.75) is 25.4 Å². The number of anilines is 1. The minimum Gasteiger partial charge on any atom is -0.490 e. The van der Waals surface area contributed by atoms with E-state index in [1.54, 1.807) is 0 Å². The molecule has 1 fully saturated rings. The third kappa shape index (κ3) is 2.07. The van der Waals surface area contributed by atoms with Gasteiger partial charge in [-0.25, -0.2) is 0 Å². The summed E-state index contributed by atoms with van der Waals surface area (Å²) in [5.74, 6) is 0.997. The minimum atomic E-state index is 0.469. The summed E-state index contributed by atoms with van der Waals surface area (Å²) in [6.07, 6.45) is 4.00. The first kappa shape index (κ1) is 10.9. The first-order valence-corrected chi connectivity index (χ1v) is 7.03. The van der Waals surface area contributed by atoms with Crippen LogP contribution in [0.25, 0.3) is 11.1 Å². The van der Waals surface area contributed by atoms with E-state index in [2.05, 4.69) is 47.8 Å². The normalized spacial score (nSPS) is 16.8. The molecule has 4 rings (SSSR count). The van der Waals surface area contributed by atoms with Crippen molar-refractivity contribution in [3.63, 3.8) is 0 Å². The molecule has 0 radical (unpaired) electrons. The molecule has 0 atom stereocenters. The van der Waals surface area contributed by atoms with Gasteiger partial charge in [0, 0.05) is 12.2 Å². The first-order valence-electron chi connectivity index (χ1n) is 7.03. The molecule has 1 N–H and O–H groups in total. The van der Waals surface area contributed by atoms with E-state index in [0.717, 1.165) is 18.7 Å². The second kappa shape index (κ2) is 4.30. The van der Waals surface area contributed by atoms with Crippen molar-refractivity contribution >= 4 is 5.69 Å². The van der Waals surface area contributed by atoms with Crippen LogP contribution in [0, 0.1) is 0 Å². The third-order valence-electron chi connectivity index (χ3n) is 3.86. The van der Waals surface area contributed by atoms with Crippen molar-refractivity contribution in [3.8, 4) is 16.9 Å². The van der Waals surface area contributed by atoms with E-state index >= 15 is 0 Å². The number of ether oxygens (including phenoxy) is 1. The molecular weight excluding hydrogens is 234 g/mol. The van der Waals surface area contributed by atoms with Crippen LogP contribution in [0.5, 0.6) is 5.75 Å². The lowest BCUT2D eigenvalue weighted by atomic mass is 9.98. The number of hydrogen-bond acceptors (Lipinski definition) is 2. The molecule has 0 amide bonds. The Labute approximate surface area is 113 Å². The lowest BCUT2D eigenvalue weighted by Crippen LogP contribution is -1.95. The molecule has 1 aliphatic carbocycles. The van der Waals surface area contributed by atoms with Crippen molar-refractivity contribution < 1.29 is 4.74 Å². The Balaban J connectivity index is 1.66. The zero-order valence-corrected chi connectivity index (χ0v) is 10.9. The fourth-order valence-corrected chi connectivity index (χ4v) is 2.71. The van der Waals surface area contributed by atoms with E-state index in [0.29, 0.717) is 6.10 Å². The second-order valence-electron chi connectivity index (χ2n) is 5.35. The van der Waals surface area contributed by atoms with Gasteiger partial charge in [0.25, 0.3) is 0 Å². The summed E-state index contributed by atoms with van der Waals surface area (Å²) < 4.78 is 5.80. The molecule has 96 valence electrons. The van der Waals surface area contributed by atoms with Crippen LogP contribution < -0.4 is 10.1 Å². The van der Waals surface area contributed by atoms with Gasteiger partial charge in [0.2, 0.25) is 0 Å². The van der Waals surface area contributed by atoms with Gasteiger partial charge in [0.05, 0.1) is 6.10 Å².